The molecule has 0 radical (unpaired) electrons. The zero-order chi connectivity index (χ0) is 17.8. The van der Waals surface area contributed by atoms with Crippen molar-refractivity contribution in [2.45, 2.75) is 13.5 Å². The number of primary amides is 1. The van der Waals surface area contributed by atoms with Crippen molar-refractivity contribution in [1.82, 2.24) is 10.3 Å². The maximum atomic E-state index is 12.5. The lowest BCUT2D eigenvalue weighted by Crippen LogP contribution is -2.25. The Morgan fingerprint density at radius 1 is 1.08 bits per heavy atom. The van der Waals surface area contributed by atoms with Gasteiger partial charge in [-0.1, -0.05) is 30.3 Å². The van der Waals surface area contributed by atoms with Gasteiger partial charge in [0.25, 0.3) is 5.91 Å². The first-order valence-electron chi connectivity index (χ1n) is 7.83. The fraction of sp³-hybridized carbons (Fsp3) is 0.105. The van der Waals surface area contributed by atoms with Crippen molar-refractivity contribution in [2.75, 3.05) is 5.32 Å². The first kappa shape index (κ1) is 16.4. The number of amides is 3. The zero-order valence-corrected chi connectivity index (χ0v) is 13.7. The number of nitrogens with two attached hydrogens (primary N) is 1. The third kappa shape index (κ3) is 3.92. The molecule has 0 atom stereocenters. The molecule has 0 fully saturated rings. The maximum Gasteiger partial charge on any atom is 0.316 e. The van der Waals surface area contributed by atoms with Gasteiger partial charge in [-0.3, -0.25) is 9.78 Å². The van der Waals surface area contributed by atoms with E-state index in [9.17, 15) is 9.59 Å². The number of hydrogen-bond donors (Lipinski definition) is 3. The molecule has 0 bridgehead atoms. The summed E-state index contributed by atoms with van der Waals surface area (Å²) in [6.45, 7) is 2.15. The second kappa shape index (κ2) is 7.00. The van der Waals surface area contributed by atoms with Crippen LogP contribution in [0, 0.1) is 6.92 Å². The van der Waals surface area contributed by atoms with Crippen LogP contribution in [-0.4, -0.2) is 16.9 Å². The molecule has 6 nitrogen and oxygen atoms in total. The van der Waals surface area contributed by atoms with Crippen molar-refractivity contribution in [3.8, 4) is 0 Å². The highest BCUT2D eigenvalue weighted by Crippen LogP contribution is 2.16. The second-order valence-corrected chi connectivity index (χ2v) is 5.70. The zero-order valence-electron chi connectivity index (χ0n) is 13.7. The molecular formula is C19H18N4O2. The lowest BCUT2D eigenvalue weighted by Gasteiger charge is -2.10. The number of urea groups is 1. The molecule has 0 saturated carbocycles. The van der Waals surface area contributed by atoms with Gasteiger partial charge >= 0.3 is 6.03 Å². The molecule has 126 valence electrons. The highest BCUT2D eigenvalue weighted by atomic mass is 16.2. The van der Waals surface area contributed by atoms with Gasteiger partial charge in [0, 0.05) is 16.6 Å². The van der Waals surface area contributed by atoms with Crippen molar-refractivity contribution >= 4 is 28.5 Å². The Morgan fingerprint density at radius 3 is 2.68 bits per heavy atom. The first-order chi connectivity index (χ1) is 12.0. The van der Waals surface area contributed by atoms with Crippen LogP contribution in [0.3, 0.4) is 0 Å². The van der Waals surface area contributed by atoms with Gasteiger partial charge in [0.15, 0.2) is 0 Å². The molecule has 2 aromatic carbocycles. The van der Waals surface area contributed by atoms with Gasteiger partial charge in [0.2, 0.25) is 0 Å². The molecule has 0 aliphatic heterocycles. The Hall–Kier alpha value is -3.41. The summed E-state index contributed by atoms with van der Waals surface area (Å²) in [5.41, 5.74) is 8.53. The molecule has 1 heterocycles. The summed E-state index contributed by atoms with van der Waals surface area (Å²) in [6, 6.07) is 16.1. The first-order valence-corrected chi connectivity index (χ1v) is 7.83. The number of hydrogen-bond acceptors (Lipinski definition) is 3. The SMILES string of the molecule is Cc1ccc(NC(N)=O)cc1C(=O)NCc1ccc2ccccc2n1. The summed E-state index contributed by atoms with van der Waals surface area (Å²) in [7, 11) is 0. The van der Waals surface area contributed by atoms with Crippen LogP contribution in [0.1, 0.15) is 21.6 Å². The summed E-state index contributed by atoms with van der Waals surface area (Å²) in [4.78, 5) is 27.9. The van der Waals surface area contributed by atoms with Crippen LogP contribution in [-0.2, 0) is 6.54 Å². The summed E-state index contributed by atoms with van der Waals surface area (Å²) in [5, 5.41) is 6.38. The van der Waals surface area contributed by atoms with E-state index < -0.39 is 6.03 Å². The van der Waals surface area contributed by atoms with E-state index in [0.29, 0.717) is 17.8 Å². The number of carbonyl (C=O) groups excluding carboxylic acids is 2. The molecule has 0 unspecified atom stereocenters. The molecule has 6 heteroatoms. The number of carbonyl (C=O) groups is 2. The van der Waals surface area contributed by atoms with Crippen LogP contribution >= 0.6 is 0 Å². The van der Waals surface area contributed by atoms with Crippen LogP contribution in [0.5, 0.6) is 0 Å². The summed E-state index contributed by atoms with van der Waals surface area (Å²) < 4.78 is 0. The largest absolute Gasteiger partial charge is 0.351 e. The topological polar surface area (TPSA) is 97.1 Å². The quantitative estimate of drug-likeness (QED) is 0.684. The van der Waals surface area contributed by atoms with Crippen LogP contribution < -0.4 is 16.4 Å². The van der Waals surface area contributed by atoms with E-state index >= 15 is 0 Å². The minimum atomic E-state index is -0.671. The smallest absolute Gasteiger partial charge is 0.316 e. The van der Waals surface area contributed by atoms with Crippen molar-refractivity contribution < 1.29 is 9.59 Å². The molecule has 3 aromatic rings. The van der Waals surface area contributed by atoms with Gasteiger partial charge in [-0.2, -0.15) is 0 Å². The number of fused-ring (bicyclic) bond motifs is 1. The minimum Gasteiger partial charge on any atom is -0.351 e. The number of nitrogens with one attached hydrogen (secondary N) is 2. The number of benzene rings is 2. The van der Waals surface area contributed by atoms with Crippen molar-refractivity contribution in [3.05, 3.63) is 71.4 Å². The third-order valence-electron chi connectivity index (χ3n) is 3.84. The molecule has 0 aliphatic rings. The van der Waals surface area contributed by atoms with E-state index in [4.69, 9.17) is 5.73 Å². The van der Waals surface area contributed by atoms with Gasteiger partial charge in [0.1, 0.15) is 0 Å². The predicted molar refractivity (Wildman–Crippen MR) is 97.3 cm³/mol. The number of anilines is 1. The fourth-order valence-electron chi connectivity index (χ4n) is 2.56. The second-order valence-electron chi connectivity index (χ2n) is 5.70. The molecule has 25 heavy (non-hydrogen) atoms. The minimum absolute atomic E-state index is 0.236. The molecule has 3 rings (SSSR count). The van der Waals surface area contributed by atoms with E-state index in [-0.39, 0.29) is 5.91 Å². The molecule has 0 aliphatic carbocycles. The lowest BCUT2D eigenvalue weighted by atomic mass is 10.1. The van der Waals surface area contributed by atoms with Crippen molar-refractivity contribution in [3.63, 3.8) is 0 Å². The summed E-state index contributed by atoms with van der Waals surface area (Å²) in [6.07, 6.45) is 0. The third-order valence-corrected chi connectivity index (χ3v) is 3.84. The standard InChI is InChI=1S/C19H18N4O2/c1-12-6-8-14(23-19(20)25)10-16(12)18(24)21-11-15-9-7-13-4-2-3-5-17(13)22-15/h2-10H,11H2,1H3,(H,21,24)(H3,20,23,25). The lowest BCUT2D eigenvalue weighted by molar-refractivity contribution is 0.0950. The Morgan fingerprint density at radius 2 is 1.88 bits per heavy atom. The van der Waals surface area contributed by atoms with E-state index in [1.807, 2.05) is 43.3 Å². The van der Waals surface area contributed by atoms with E-state index in [0.717, 1.165) is 22.2 Å². The van der Waals surface area contributed by atoms with Gasteiger partial charge < -0.3 is 16.4 Å². The monoisotopic (exact) mass is 334 g/mol. The number of nitrogens with zero attached hydrogens (tertiary/aromatic N) is 1. The van der Waals surface area contributed by atoms with Gasteiger partial charge in [0.05, 0.1) is 17.8 Å². The summed E-state index contributed by atoms with van der Waals surface area (Å²) in [5.74, 6) is -0.236. The van der Waals surface area contributed by atoms with E-state index in [2.05, 4.69) is 15.6 Å². The van der Waals surface area contributed by atoms with E-state index in [1.165, 1.54) is 0 Å². The molecule has 0 saturated heterocycles. The number of para-hydroxylation sites is 1. The Balaban J connectivity index is 1.74. The average molecular weight is 334 g/mol. The molecule has 3 amide bonds. The van der Waals surface area contributed by atoms with Crippen LogP contribution in [0.25, 0.3) is 10.9 Å². The van der Waals surface area contributed by atoms with Gasteiger partial charge in [-0.05, 0) is 36.8 Å². The van der Waals surface area contributed by atoms with Crippen LogP contribution in [0.2, 0.25) is 0 Å². The number of pyridine rings is 1. The predicted octanol–water partition coefficient (Wildman–Crippen LogP) is 2.96. The maximum absolute atomic E-state index is 12.5. The Labute approximate surface area is 145 Å². The van der Waals surface area contributed by atoms with Crippen LogP contribution in [0.4, 0.5) is 10.5 Å². The highest BCUT2D eigenvalue weighted by Gasteiger charge is 2.11. The Bertz CT molecular complexity index is 953. The molecule has 0 spiro atoms. The molecular weight excluding hydrogens is 316 g/mol. The fourth-order valence-corrected chi connectivity index (χ4v) is 2.56. The van der Waals surface area contributed by atoms with Crippen molar-refractivity contribution in [2.24, 2.45) is 5.73 Å². The van der Waals surface area contributed by atoms with Gasteiger partial charge in [-0.25, -0.2) is 4.79 Å². The summed E-state index contributed by atoms with van der Waals surface area (Å²) >= 11 is 0. The normalized spacial score (nSPS) is 10.4. The highest BCUT2D eigenvalue weighted by molar-refractivity contribution is 5.98. The molecule has 4 N–H and O–H groups in total. The van der Waals surface area contributed by atoms with Gasteiger partial charge in [-0.15, -0.1) is 0 Å². The van der Waals surface area contributed by atoms with Crippen molar-refractivity contribution in [1.29, 1.82) is 0 Å². The van der Waals surface area contributed by atoms with E-state index in [1.54, 1.807) is 18.2 Å². The number of aromatic nitrogens is 1. The number of aryl methyl sites for hydroxylation is 1. The average Bonchev–Trinajstić information content (AvgIpc) is 2.60. The number of rotatable bonds is 4. The van der Waals surface area contributed by atoms with Crippen LogP contribution in [0.15, 0.2) is 54.6 Å². The Kier molecular flexibility index (Phi) is 4.61. The molecule has 1 aromatic heterocycles.